The van der Waals surface area contributed by atoms with Crippen LogP contribution in [0.15, 0.2) is 30.5 Å². The molecule has 7 heteroatoms. The summed E-state index contributed by atoms with van der Waals surface area (Å²) in [6.07, 6.45) is 1.66. The first-order chi connectivity index (χ1) is 11.7. The lowest BCUT2D eigenvalue weighted by Crippen LogP contribution is -2.48. The van der Waals surface area contributed by atoms with Gasteiger partial charge in [-0.15, -0.1) is 0 Å². The molecule has 2 heterocycles. The predicted octanol–water partition coefficient (Wildman–Crippen LogP) is 2.15. The van der Waals surface area contributed by atoms with Gasteiger partial charge in [-0.25, -0.2) is 4.98 Å². The number of amides is 1. The average Bonchev–Trinajstić information content (AvgIpc) is 3.11. The monoisotopic (exact) mass is 346 g/mol. The van der Waals surface area contributed by atoms with Gasteiger partial charge in [0.1, 0.15) is 10.6 Å². The fourth-order valence-corrected chi connectivity index (χ4v) is 3.48. The molecule has 1 saturated heterocycles. The molecular formula is C17H22N4O2S. The number of carbonyl (C=O) groups is 1. The Kier molecular flexibility index (Phi) is 5.32. The first kappa shape index (κ1) is 16.7. The van der Waals surface area contributed by atoms with Gasteiger partial charge in [-0.2, -0.15) is 0 Å². The lowest BCUT2D eigenvalue weighted by Gasteiger charge is -2.34. The van der Waals surface area contributed by atoms with Gasteiger partial charge in [0.2, 0.25) is 0 Å². The SMILES string of the molecule is CNc1ncc(C(=O)N2CCN(Cc3ccc(OC)cc3)CC2)s1. The molecule has 24 heavy (non-hydrogen) atoms. The Bertz CT molecular complexity index is 678. The summed E-state index contributed by atoms with van der Waals surface area (Å²) < 4.78 is 5.19. The molecule has 6 nitrogen and oxygen atoms in total. The van der Waals surface area contributed by atoms with Gasteiger partial charge in [0.25, 0.3) is 5.91 Å². The average molecular weight is 346 g/mol. The van der Waals surface area contributed by atoms with E-state index in [1.54, 1.807) is 13.3 Å². The highest BCUT2D eigenvalue weighted by Gasteiger charge is 2.23. The molecule has 1 aromatic carbocycles. The first-order valence-electron chi connectivity index (χ1n) is 7.97. The number of hydrogen-bond acceptors (Lipinski definition) is 6. The largest absolute Gasteiger partial charge is 0.497 e. The molecular weight excluding hydrogens is 324 g/mol. The van der Waals surface area contributed by atoms with Gasteiger partial charge in [0.05, 0.1) is 13.3 Å². The van der Waals surface area contributed by atoms with E-state index in [-0.39, 0.29) is 5.91 Å². The van der Waals surface area contributed by atoms with E-state index in [2.05, 4.69) is 27.3 Å². The number of hydrogen-bond donors (Lipinski definition) is 1. The quantitative estimate of drug-likeness (QED) is 0.899. The molecule has 0 saturated carbocycles. The van der Waals surface area contributed by atoms with E-state index in [1.165, 1.54) is 16.9 Å². The number of methoxy groups -OCH3 is 1. The maximum atomic E-state index is 12.5. The fraction of sp³-hybridized carbons (Fsp3) is 0.412. The minimum Gasteiger partial charge on any atom is -0.497 e. The smallest absolute Gasteiger partial charge is 0.265 e. The summed E-state index contributed by atoms with van der Waals surface area (Å²) in [5.41, 5.74) is 1.26. The highest BCUT2D eigenvalue weighted by atomic mass is 32.1. The van der Waals surface area contributed by atoms with Crippen molar-refractivity contribution in [2.24, 2.45) is 0 Å². The van der Waals surface area contributed by atoms with E-state index in [1.807, 2.05) is 24.1 Å². The van der Waals surface area contributed by atoms with Gasteiger partial charge in [-0.1, -0.05) is 23.5 Å². The van der Waals surface area contributed by atoms with Crippen LogP contribution in [0.3, 0.4) is 0 Å². The third-order valence-corrected chi connectivity index (χ3v) is 5.16. The van der Waals surface area contributed by atoms with E-state index in [4.69, 9.17) is 4.74 Å². The number of carbonyl (C=O) groups excluding carboxylic acids is 1. The lowest BCUT2D eigenvalue weighted by atomic mass is 10.2. The molecule has 128 valence electrons. The molecule has 1 aliphatic heterocycles. The zero-order valence-electron chi connectivity index (χ0n) is 14.0. The van der Waals surface area contributed by atoms with Crippen molar-refractivity contribution in [3.05, 3.63) is 40.9 Å². The summed E-state index contributed by atoms with van der Waals surface area (Å²) in [5.74, 6) is 0.956. The van der Waals surface area contributed by atoms with Gasteiger partial charge in [-0.05, 0) is 17.7 Å². The summed E-state index contributed by atoms with van der Waals surface area (Å²) >= 11 is 1.40. The Morgan fingerprint density at radius 3 is 2.54 bits per heavy atom. The molecule has 0 aliphatic carbocycles. The van der Waals surface area contributed by atoms with E-state index in [0.29, 0.717) is 4.88 Å². The van der Waals surface area contributed by atoms with Crippen molar-refractivity contribution in [2.75, 3.05) is 45.7 Å². The van der Waals surface area contributed by atoms with Crippen LogP contribution in [0.25, 0.3) is 0 Å². The van der Waals surface area contributed by atoms with Crippen LogP contribution in [0, 0.1) is 0 Å². The highest BCUT2D eigenvalue weighted by Crippen LogP contribution is 2.20. The van der Waals surface area contributed by atoms with Crippen molar-refractivity contribution < 1.29 is 9.53 Å². The summed E-state index contributed by atoms with van der Waals surface area (Å²) in [4.78, 5) is 21.7. The second-order valence-electron chi connectivity index (χ2n) is 5.70. The van der Waals surface area contributed by atoms with Crippen LogP contribution >= 0.6 is 11.3 Å². The Labute approximate surface area is 146 Å². The normalized spacial score (nSPS) is 15.3. The van der Waals surface area contributed by atoms with E-state index in [9.17, 15) is 4.79 Å². The Hall–Kier alpha value is -2.12. The summed E-state index contributed by atoms with van der Waals surface area (Å²) in [7, 11) is 3.49. The molecule has 0 unspecified atom stereocenters. The first-order valence-corrected chi connectivity index (χ1v) is 8.79. The maximum Gasteiger partial charge on any atom is 0.265 e. The van der Waals surface area contributed by atoms with Crippen molar-refractivity contribution in [3.8, 4) is 5.75 Å². The van der Waals surface area contributed by atoms with Crippen LogP contribution in [-0.4, -0.2) is 61.0 Å². The molecule has 0 atom stereocenters. The van der Waals surface area contributed by atoms with Crippen molar-refractivity contribution in [1.82, 2.24) is 14.8 Å². The number of nitrogens with zero attached hydrogens (tertiary/aromatic N) is 3. The Morgan fingerprint density at radius 1 is 1.25 bits per heavy atom. The molecule has 1 aliphatic rings. The number of aromatic nitrogens is 1. The summed E-state index contributed by atoms with van der Waals surface area (Å²) in [6, 6.07) is 8.15. The van der Waals surface area contributed by atoms with Crippen LogP contribution in [-0.2, 0) is 6.54 Å². The maximum absolute atomic E-state index is 12.5. The van der Waals surface area contributed by atoms with Crippen LogP contribution < -0.4 is 10.1 Å². The zero-order valence-corrected chi connectivity index (χ0v) is 14.8. The second kappa shape index (κ2) is 7.63. The fourth-order valence-electron chi connectivity index (χ4n) is 2.74. The second-order valence-corrected chi connectivity index (χ2v) is 6.73. The predicted molar refractivity (Wildman–Crippen MR) is 95.8 cm³/mol. The lowest BCUT2D eigenvalue weighted by molar-refractivity contribution is 0.0633. The number of benzene rings is 1. The van der Waals surface area contributed by atoms with Gasteiger partial charge in [0.15, 0.2) is 5.13 Å². The number of rotatable bonds is 5. The minimum absolute atomic E-state index is 0.0816. The van der Waals surface area contributed by atoms with E-state index in [0.717, 1.165) is 43.6 Å². The summed E-state index contributed by atoms with van der Waals surface area (Å²) in [6.45, 7) is 4.17. The van der Waals surface area contributed by atoms with Crippen LogP contribution in [0.4, 0.5) is 5.13 Å². The molecule has 1 aromatic heterocycles. The highest BCUT2D eigenvalue weighted by molar-refractivity contribution is 7.17. The molecule has 0 bridgehead atoms. The minimum atomic E-state index is 0.0816. The Morgan fingerprint density at radius 2 is 1.96 bits per heavy atom. The molecule has 1 amide bonds. The third-order valence-electron chi connectivity index (χ3n) is 4.16. The van der Waals surface area contributed by atoms with Crippen molar-refractivity contribution >= 4 is 22.4 Å². The van der Waals surface area contributed by atoms with Crippen molar-refractivity contribution in [1.29, 1.82) is 0 Å². The topological polar surface area (TPSA) is 57.7 Å². The summed E-state index contributed by atoms with van der Waals surface area (Å²) in [5, 5.41) is 3.74. The van der Waals surface area contributed by atoms with E-state index < -0.39 is 0 Å². The molecule has 1 N–H and O–H groups in total. The van der Waals surface area contributed by atoms with Crippen LogP contribution in [0.1, 0.15) is 15.2 Å². The molecule has 3 rings (SSSR count). The van der Waals surface area contributed by atoms with Crippen LogP contribution in [0.2, 0.25) is 0 Å². The van der Waals surface area contributed by atoms with Crippen LogP contribution in [0.5, 0.6) is 5.75 Å². The van der Waals surface area contributed by atoms with Gasteiger partial charge < -0.3 is 15.0 Å². The molecule has 0 spiro atoms. The third kappa shape index (κ3) is 3.85. The van der Waals surface area contributed by atoms with Gasteiger partial charge in [-0.3, -0.25) is 9.69 Å². The number of thiazole rings is 1. The number of ether oxygens (including phenoxy) is 1. The van der Waals surface area contributed by atoms with Crippen molar-refractivity contribution in [3.63, 3.8) is 0 Å². The van der Waals surface area contributed by atoms with Gasteiger partial charge in [0, 0.05) is 39.8 Å². The zero-order chi connectivity index (χ0) is 16.9. The number of anilines is 1. The molecule has 2 aromatic rings. The standard InChI is InChI=1S/C17H22N4O2S/c1-18-17-19-11-15(24-17)16(22)21-9-7-20(8-10-21)12-13-3-5-14(23-2)6-4-13/h3-6,11H,7-10,12H2,1-2H3,(H,18,19). The Balaban J connectivity index is 1.52. The van der Waals surface area contributed by atoms with E-state index >= 15 is 0 Å². The number of piperazine rings is 1. The van der Waals surface area contributed by atoms with Crippen molar-refractivity contribution in [2.45, 2.75) is 6.54 Å². The van der Waals surface area contributed by atoms with Gasteiger partial charge >= 0.3 is 0 Å². The number of nitrogens with one attached hydrogen (secondary N) is 1. The molecule has 0 radical (unpaired) electrons. The molecule has 1 fully saturated rings.